The van der Waals surface area contributed by atoms with Gasteiger partial charge in [-0.25, -0.2) is 0 Å². The Labute approximate surface area is 72.0 Å². The lowest BCUT2D eigenvalue weighted by Crippen LogP contribution is -2.33. The average molecular weight is 154 g/mol. The van der Waals surface area contributed by atoms with E-state index in [1.807, 2.05) is 0 Å². The predicted molar refractivity (Wildman–Crippen MR) is 48.5 cm³/mol. The van der Waals surface area contributed by atoms with Crippen LogP contribution in [0.25, 0.3) is 0 Å². The summed E-state index contributed by atoms with van der Waals surface area (Å²) < 4.78 is 0. The Morgan fingerprint density at radius 2 is 2.33 bits per heavy atom. The van der Waals surface area contributed by atoms with Crippen molar-refractivity contribution in [3.63, 3.8) is 0 Å². The van der Waals surface area contributed by atoms with Crippen molar-refractivity contribution in [2.75, 3.05) is 0 Å². The van der Waals surface area contributed by atoms with Gasteiger partial charge in [-0.3, -0.25) is 0 Å². The SMILES string of the molecule is CC1=C2CC=C2C2C1=C1C=CC12. The van der Waals surface area contributed by atoms with Gasteiger partial charge in [0.05, 0.1) is 0 Å². The highest BCUT2D eigenvalue weighted by Crippen LogP contribution is 2.63. The summed E-state index contributed by atoms with van der Waals surface area (Å²) >= 11 is 0. The van der Waals surface area contributed by atoms with E-state index in [9.17, 15) is 0 Å². The predicted octanol–water partition coefficient (Wildman–Crippen LogP) is 2.76. The van der Waals surface area contributed by atoms with Crippen LogP contribution >= 0.6 is 0 Å². The summed E-state index contributed by atoms with van der Waals surface area (Å²) in [5.41, 5.74) is 8.26. The van der Waals surface area contributed by atoms with Gasteiger partial charge in [-0.1, -0.05) is 18.2 Å². The summed E-state index contributed by atoms with van der Waals surface area (Å²) in [6.45, 7) is 2.30. The standard InChI is InChI=1S/C12H10/c1-6-7-2-3-8(7)12-10-5-4-9(10)11(6)12/h3-5,10,12H,2H2,1H3. The van der Waals surface area contributed by atoms with Crippen LogP contribution in [0.3, 0.4) is 0 Å². The van der Waals surface area contributed by atoms with E-state index in [4.69, 9.17) is 0 Å². The van der Waals surface area contributed by atoms with Crippen molar-refractivity contribution in [1.82, 2.24) is 0 Å². The van der Waals surface area contributed by atoms with Gasteiger partial charge in [0.2, 0.25) is 0 Å². The summed E-state index contributed by atoms with van der Waals surface area (Å²) in [4.78, 5) is 0. The van der Waals surface area contributed by atoms with Crippen LogP contribution in [-0.4, -0.2) is 0 Å². The zero-order valence-electron chi connectivity index (χ0n) is 7.09. The van der Waals surface area contributed by atoms with Gasteiger partial charge >= 0.3 is 0 Å². The maximum atomic E-state index is 2.42. The molecule has 0 fully saturated rings. The molecule has 12 heavy (non-hydrogen) atoms. The van der Waals surface area contributed by atoms with Crippen molar-refractivity contribution < 1.29 is 0 Å². The molecule has 0 aromatic rings. The highest BCUT2D eigenvalue weighted by molar-refractivity contribution is 5.73. The molecular weight excluding hydrogens is 144 g/mol. The number of rotatable bonds is 0. The maximum Gasteiger partial charge on any atom is 0.0199 e. The Hall–Kier alpha value is -1.04. The smallest absolute Gasteiger partial charge is 0.0199 e. The lowest BCUT2D eigenvalue weighted by atomic mass is 9.60. The highest BCUT2D eigenvalue weighted by atomic mass is 14.5. The summed E-state index contributed by atoms with van der Waals surface area (Å²) in [5.74, 6) is 1.63. The van der Waals surface area contributed by atoms with E-state index in [1.165, 1.54) is 6.42 Å². The number of fused-ring (bicyclic) bond motifs is 5. The molecule has 0 heterocycles. The molecule has 2 atom stereocenters. The first-order valence-corrected chi connectivity index (χ1v) is 4.71. The van der Waals surface area contributed by atoms with Gasteiger partial charge in [0.15, 0.2) is 0 Å². The molecule has 0 amide bonds. The third-order valence-corrected chi connectivity index (χ3v) is 3.89. The minimum Gasteiger partial charge on any atom is -0.0759 e. The zero-order chi connectivity index (χ0) is 7.87. The van der Waals surface area contributed by atoms with Gasteiger partial charge in [0, 0.05) is 11.8 Å². The first-order valence-electron chi connectivity index (χ1n) is 4.71. The topological polar surface area (TPSA) is 0 Å². The molecule has 0 aromatic heterocycles. The molecular formula is C12H10. The Bertz CT molecular complexity index is 427. The molecule has 0 heteroatoms. The van der Waals surface area contributed by atoms with Gasteiger partial charge in [-0.2, -0.15) is 0 Å². The number of allylic oxidation sites excluding steroid dienone is 8. The van der Waals surface area contributed by atoms with Crippen LogP contribution < -0.4 is 0 Å². The van der Waals surface area contributed by atoms with E-state index in [0.717, 1.165) is 11.8 Å². The normalized spacial score (nSPS) is 39.2. The molecule has 58 valence electrons. The summed E-state index contributed by atoms with van der Waals surface area (Å²) in [5, 5.41) is 0. The van der Waals surface area contributed by atoms with Crippen LogP contribution in [0.15, 0.2) is 46.1 Å². The van der Waals surface area contributed by atoms with Gasteiger partial charge in [0.1, 0.15) is 0 Å². The second-order valence-corrected chi connectivity index (χ2v) is 4.20. The number of hydrogen-bond acceptors (Lipinski definition) is 0. The second-order valence-electron chi connectivity index (χ2n) is 4.20. The quantitative estimate of drug-likeness (QED) is 0.503. The minimum atomic E-state index is 0.814. The van der Waals surface area contributed by atoms with Gasteiger partial charge < -0.3 is 0 Å². The molecule has 0 spiro atoms. The monoisotopic (exact) mass is 154 g/mol. The molecule has 0 saturated heterocycles. The van der Waals surface area contributed by atoms with E-state index in [0.29, 0.717) is 0 Å². The van der Waals surface area contributed by atoms with E-state index in [2.05, 4.69) is 25.2 Å². The van der Waals surface area contributed by atoms with Gasteiger partial charge in [-0.05, 0) is 41.2 Å². The van der Waals surface area contributed by atoms with Gasteiger partial charge in [0.25, 0.3) is 0 Å². The lowest BCUT2D eigenvalue weighted by Gasteiger charge is -2.43. The van der Waals surface area contributed by atoms with Crippen molar-refractivity contribution >= 4 is 0 Å². The molecule has 4 aliphatic rings. The van der Waals surface area contributed by atoms with Crippen molar-refractivity contribution in [3.05, 3.63) is 46.1 Å². The highest BCUT2D eigenvalue weighted by Gasteiger charge is 2.50. The largest absolute Gasteiger partial charge is 0.0759 e. The molecule has 0 radical (unpaired) electrons. The fourth-order valence-electron chi connectivity index (χ4n) is 3.09. The Morgan fingerprint density at radius 3 is 2.92 bits per heavy atom. The van der Waals surface area contributed by atoms with E-state index < -0.39 is 0 Å². The van der Waals surface area contributed by atoms with Crippen LogP contribution in [-0.2, 0) is 0 Å². The minimum absolute atomic E-state index is 0.814. The van der Waals surface area contributed by atoms with Crippen LogP contribution in [0.2, 0.25) is 0 Å². The lowest BCUT2D eigenvalue weighted by molar-refractivity contribution is 0.501. The van der Waals surface area contributed by atoms with Crippen molar-refractivity contribution in [2.45, 2.75) is 13.3 Å². The van der Waals surface area contributed by atoms with Crippen LogP contribution in [0.1, 0.15) is 13.3 Å². The zero-order valence-corrected chi connectivity index (χ0v) is 7.09. The number of hydrogen-bond donors (Lipinski definition) is 0. The summed E-state index contributed by atoms with van der Waals surface area (Å²) in [6.07, 6.45) is 8.31. The van der Waals surface area contributed by atoms with Crippen molar-refractivity contribution in [3.8, 4) is 0 Å². The molecule has 0 bridgehead atoms. The van der Waals surface area contributed by atoms with Crippen molar-refractivity contribution in [2.24, 2.45) is 11.8 Å². The summed E-state index contributed by atoms with van der Waals surface area (Å²) in [7, 11) is 0. The van der Waals surface area contributed by atoms with Gasteiger partial charge in [-0.15, -0.1) is 0 Å². The Balaban J connectivity index is 2.05. The fraction of sp³-hybridized carbons (Fsp3) is 0.333. The maximum absolute atomic E-state index is 2.42. The Kier molecular flexibility index (Phi) is 0.648. The van der Waals surface area contributed by atoms with Crippen molar-refractivity contribution in [1.29, 1.82) is 0 Å². The summed E-state index contributed by atoms with van der Waals surface area (Å²) in [6, 6.07) is 0. The molecule has 0 saturated carbocycles. The first kappa shape index (κ1) is 5.58. The second kappa shape index (κ2) is 1.39. The molecule has 2 unspecified atom stereocenters. The first-order chi connectivity index (χ1) is 5.88. The molecule has 0 nitrogen and oxygen atoms in total. The molecule has 0 aliphatic heterocycles. The molecule has 4 rings (SSSR count). The van der Waals surface area contributed by atoms with Crippen LogP contribution in [0, 0.1) is 11.8 Å². The third kappa shape index (κ3) is 0.338. The van der Waals surface area contributed by atoms with E-state index in [-0.39, 0.29) is 0 Å². The third-order valence-electron chi connectivity index (χ3n) is 3.89. The molecule has 0 N–H and O–H groups in total. The van der Waals surface area contributed by atoms with Crippen LogP contribution in [0.4, 0.5) is 0 Å². The molecule has 0 aromatic carbocycles. The molecule has 4 aliphatic carbocycles. The van der Waals surface area contributed by atoms with Crippen LogP contribution in [0.5, 0.6) is 0 Å². The fourth-order valence-corrected chi connectivity index (χ4v) is 3.09. The average Bonchev–Trinajstić information content (AvgIpc) is 2.06. The van der Waals surface area contributed by atoms with E-state index in [1.54, 1.807) is 27.9 Å². The Morgan fingerprint density at radius 1 is 1.42 bits per heavy atom. The van der Waals surface area contributed by atoms with E-state index >= 15 is 0 Å².